The molecule has 1 rings (SSSR count). The fourth-order valence-electron chi connectivity index (χ4n) is 1.21. The van der Waals surface area contributed by atoms with Crippen LogP contribution in [0.25, 0.3) is 0 Å². The van der Waals surface area contributed by atoms with E-state index in [1.807, 2.05) is 6.07 Å². The van der Waals surface area contributed by atoms with Crippen molar-refractivity contribution in [1.29, 1.82) is 5.26 Å². The van der Waals surface area contributed by atoms with Gasteiger partial charge < -0.3 is 0 Å². The minimum absolute atomic E-state index is 0.0454. The molecule has 15 heavy (non-hydrogen) atoms. The summed E-state index contributed by atoms with van der Waals surface area (Å²) in [6, 6.07) is 4.52. The molecule has 0 radical (unpaired) electrons. The Balaban J connectivity index is 3.16. The highest BCUT2D eigenvalue weighted by molar-refractivity contribution is 9.10. The van der Waals surface area contributed by atoms with Crippen molar-refractivity contribution >= 4 is 15.9 Å². The van der Waals surface area contributed by atoms with E-state index in [1.54, 1.807) is 13.8 Å². The maximum atomic E-state index is 13.5. The molecule has 0 heterocycles. The average Bonchev–Trinajstić information content (AvgIpc) is 2.19. The monoisotopic (exact) mass is 273 g/mol. The zero-order valence-corrected chi connectivity index (χ0v) is 10.0. The van der Waals surface area contributed by atoms with Crippen LogP contribution in [0, 0.1) is 28.4 Å². The Morgan fingerprint density at radius 1 is 1.40 bits per heavy atom. The molecule has 0 atom stereocenters. The first-order chi connectivity index (χ1) is 6.87. The number of benzene rings is 1. The largest absolute Gasteiger partial charge is 0.207 e. The molecule has 80 valence electrons. The third kappa shape index (κ3) is 2.75. The molecule has 4 heteroatoms. The first-order valence-electron chi connectivity index (χ1n) is 4.41. The van der Waals surface area contributed by atoms with E-state index in [1.165, 1.54) is 12.1 Å². The second kappa shape index (κ2) is 4.28. The molecule has 0 fully saturated rings. The molecular weight excluding hydrogens is 264 g/mol. The van der Waals surface area contributed by atoms with Gasteiger partial charge >= 0.3 is 0 Å². The number of hydrogen-bond donors (Lipinski definition) is 0. The van der Waals surface area contributed by atoms with Crippen LogP contribution >= 0.6 is 15.9 Å². The molecule has 0 saturated heterocycles. The van der Waals surface area contributed by atoms with Gasteiger partial charge in [-0.05, 0) is 48.3 Å². The van der Waals surface area contributed by atoms with Gasteiger partial charge in [0.1, 0.15) is 11.6 Å². The summed E-state index contributed by atoms with van der Waals surface area (Å²) in [6.45, 7) is 3.29. The molecule has 1 aromatic rings. The normalized spacial score (nSPS) is 11.2. The highest BCUT2D eigenvalue weighted by atomic mass is 79.9. The maximum Gasteiger partial charge on any atom is 0.143 e. The Labute approximate surface area is 95.8 Å². The lowest BCUT2D eigenvalue weighted by atomic mass is 9.87. The van der Waals surface area contributed by atoms with Gasteiger partial charge in [-0.2, -0.15) is 5.26 Å². The Hall–Kier alpha value is -0.950. The van der Waals surface area contributed by atoms with E-state index in [0.717, 1.165) is 0 Å². The van der Waals surface area contributed by atoms with Crippen LogP contribution in [0.5, 0.6) is 0 Å². The molecule has 1 nitrogen and oxygen atoms in total. The van der Waals surface area contributed by atoms with Gasteiger partial charge in [0.15, 0.2) is 0 Å². The Bertz CT molecular complexity index is 421. The quantitative estimate of drug-likeness (QED) is 0.752. The van der Waals surface area contributed by atoms with Crippen molar-refractivity contribution in [3.63, 3.8) is 0 Å². The summed E-state index contributed by atoms with van der Waals surface area (Å²) >= 11 is 2.99. The highest BCUT2D eigenvalue weighted by Gasteiger charge is 2.23. The van der Waals surface area contributed by atoms with Gasteiger partial charge in [-0.25, -0.2) is 8.78 Å². The van der Waals surface area contributed by atoms with Crippen LogP contribution in [0.15, 0.2) is 16.6 Å². The third-order valence-corrected chi connectivity index (χ3v) is 2.67. The van der Waals surface area contributed by atoms with Crippen molar-refractivity contribution in [3.05, 3.63) is 33.8 Å². The molecular formula is C11H10BrF2N. The van der Waals surface area contributed by atoms with Gasteiger partial charge in [0.05, 0.1) is 16.0 Å². The summed E-state index contributed by atoms with van der Waals surface area (Å²) in [5.41, 5.74) is -0.821. The predicted octanol–water partition coefficient (Wildman–Crippen LogP) is 3.82. The Kier molecular flexibility index (Phi) is 3.46. The van der Waals surface area contributed by atoms with E-state index < -0.39 is 17.0 Å². The van der Waals surface area contributed by atoms with E-state index in [2.05, 4.69) is 15.9 Å². The van der Waals surface area contributed by atoms with Crippen molar-refractivity contribution in [3.8, 4) is 6.07 Å². The van der Waals surface area contributed by atoms with Crippen LogP contribution in [0.2, 0.25) is 0 Å². The molecule has 0 aliphatic carbocycles. The first-order valence-corrected chi connectivity index (χ1v) is 5.20. The molecule has 0 aliphatic rings. The van der Waals surface area contributed by atoms with Gasteiger partial charge in [-0.3, -0.25) is 0 Å². The van der Waals surface area contributed by atoms with Crippen LogP contribution in [-0.2, 0) is 6.42 Å². The number of hydrogen-bond acceptors (Lipinski definition) is 1. The average molecular weight is 274 g/mol. The van der Waals surface area contributed by atoms with Gasteiger partial charge in [-0.15, -0.1) is 0 Å². The molecule has 0 aliphatic heterocycles. The van der Waals surface area contributed by atoms with Crippen molar-refractivity contribution in [2.24, 2.45) is 5.41 Å². The Morgan fingerprint density at radius 3 is 2.53 bits per heavy atom. The smallest absolute Gasteiger partial charge is 0.143 e. The molecule has 0 aromatic heterocycles. The van der Waals surface area contributed by atoms with Gasteiger partial charge in [0.25, 0.3) is 0 Å². The van der Waals surface area contributed by atoms with Crippen molar-refractivity contribution in [2.45, 2.75) is 20.3 Å². The van der Waals surface area contributed by atoms with E-state index in [-0.39, 0.29) is 16.5 Å². The third-order valence-electron chi connectivity index (χ3n) is 2.06. The minimum atomic E-state index is -0.775. The molecule has 0 saturated carbocycles. The lowest BCUT2D eigenvalue weighted by Crippen LogP contribution is -2.14. The lowest BCUT2D eigenvalue weighted by molar-refractivity contribution is 0.454. The molecule has 0 N–H and O–H groups in total. The number of nitriles is 1. The zero-order valence-electron chi connectivity index (χ0n) is 8.44. The van der Waals surface area contributed by atoms with Crippen LogP contribution in [0.4, 0.5) is 8.78 Å². The highest BCUT2D eigenvalue weighted by Crippen LogP contribution is 2.28. The van der Waals surface area contributed by atoms with Crippen LogP contribution < -0.4 is 0 Å². The number of nitrogens with zero attached hydrogens (tertiary/aromatic N) is 1. The van der Waals surface area contributed by atoms with Gasteiger partial charge in [-0.1, -0.05) is 0 Å². The number of rotatable bonds is 2. The van der Waals surface area contributed by atoms with E-state index in [4.69, 9.17) is 5.26 Å². The van der Waals surface area contributed by atoms with Crippen LogP contribution in [-0.4, -0.2) is 0 Å². The van der Waals surface area contributed by atoms with Crippen molar-refractivity contribution in [2.75, 3.05) is 0 Å². The van der Waals surface area contributed by atoms with Gasteiger partial charge in [0.2, 0.25) is 0 Å². The molecule has 0 unspecified atom stereocenters. The summed E-state index contributed by atoms with van der Waals surface area (Å²) in [5, 5.41) is 8.80. The summed E-state index contributed by atoms with van der Waals surface area (Å²) in [4.78, 5) is 0. The van der Waals surface area contributed by atoms with Crippen LogP contribution in [0.3, 0.4) is 0 Å². The summed E-state index contributed by atoms with van der Waals surface area (Å²) in [5.74, 6) is -1.24. The topological polar surface area (TPSA) is 23.8 Å². The van der Waals surface area contributed by atoms with Crippen molar-refractivity contribution < 1.29 is 8.78 Å². The van der Waals surface area contributed by atoms with Crippen molar-refractivity contribution in [1.82, 2.24) is 0 Å². The fraction of sp³-hybridized carbons (Fsp3) is 0.364. The van der Waals surface area contributed by atoms with E-state index in [9.17, 15) is 8.78 Å². The minimum Gasteiger partial charge on any atom is -0.207 e. The van der Waals surface area contributed by atoms with Crippen LogP contribution in [0.1, 0.15) is 19.4 Å². The van der Waals surface area contributed by atoms with E-state index in [0.29, 0.717) is 0 Å². The maximum absolute atomic E-state index is 13.5. The Morgan fingerprint density at radius 2 is 2.00 bits per heavy atom. The van der Waals surface area contributed by atoms with Gasteiger partial charge in [0, 0.05) is 5.56 Å². The summed E-state index contributed by atoms with van der Waals surface area (Å²) < 4.78 is 27.1. The number of halogens is 3. The van der Waals surface area contributed by atoms with E-state index >= 15 is 0 Å². The molecule has 0 amide bonds. The molecule has 0 spiro atoms. The second-order valence-corrected chi connectivity index (χ2v) is 4.85. The molecule has 1 aromatic carbocycles. The first kappa shape index (κ1) is 12.1. The fourth-order valence-corrected chi connectivity index (χ4v) is 1.58. The summed E-state index contributed by atoms with van der Waals surface area (Å²) in [7, 11) is 0. The SMILES string of the molecule is CC(C)(C#N)Cc1c(F)ccc(Br)c1F. The zero-order chi connectivity index (χ0) is 11.6. The standard InChI is InChI=1S/C11H10BrF2N/c1-11(2,6-15)5-7-9(13)4-3-8(12)10(7)14/h3-4H,5H2,1-2H3. The lowest BCUT2D eigenvalue weighted by Gasteiger charge is -2.16. The molecule has 0 bridgehead atoms. The predicted molar refractivity (Wildman–Crippen MR) is 57.2 cm³/mol. The summed E-state index contributed by atoms with van der Waals surface area (Å²) in [6.07, 6.45) is 0.0562. The second-order valence-electron chi connectivity index (χ2n) is 3.99.